The summed E-state index contributed by atoms with van der Waals surface area (Å²) in [6.45, 7) is 13.3. The van der Waals surface area contributed by atoms with Crippen molar-refractivity contribution in [2.75, 3.05) is 6.67 Å². The second-order valence-corrected chi connectivity index (χ2v) is 10.9. The summed E-state index contributed by atoms with van der Waals surface area (Å²) in [7, 11) is -1.50. The van der Waals surface area contributed by atoms with Crippen molar-refractivity contribution in [1.29, 1.82) is 0 Å². The van der Waals surface area contributed by atoms with E-state index in [1.165, 1.54) is 6.08 Å². The van der Waals surface area contributed by atoms with E-state index in [0.29, 0.717) is 16.6 Å². The van der Waals surface area contributed by atoms with Crippen molar-refractivity contribution in [1.82, 2.24) is 0 Å². The summed E-state index contributed by atoms with van der Waals surface area (Å²) in [5.74, 6) is 0. The summed E-state index contributed by atoms with van der Waals surface area (Å²) < 4.78 is 12.0. The molecule has 0 saturated heterocycles. The fourth-order valence-electron chi connectivity index (χ4n) is 2.75. The highest BCUT2D eigenvalue weighted by Crippen LogP contribution is 2.42. The van der Waals surface area contributed by atoms with Gasteiger partial charge in [0.2, 0.25) is 0 Å². The Labute approximate surface area is 95.3 Å². The molecule has 0 aliphatic rings. The lowest BCUT2D eigenvalue weighted by Gasteiger charge is -2.39. The zero-order chi connectivity index (χ0) is 12.1. The molecule has 0 rings (SSSR count). The highest BCUT2D eigenvalue weighted by Gasteiger charge is 2.40. The number of hydrogen-bond donors (Lipinski definition) is 0. The van der Waals surface area contributed by atoms with Crippen molar-refractivity contribution in [3.8, 4) is 0 Å². The summed E-state index contributed by atoms with van der Waals surface area (Å²) in [4.78, 5) is 0. The third-order valence-electron chi connectivity index (χ3n) is 3.53. The maximum Gasteiger partial charge on any atom is 0.115 e. The van der Waals surface area contributed by atoms with Crippen LogP contribution in [0.15, 0.2) is 17.5 Å². The van der Waals surface area contributed by atoms with E-state index in [9.17, 15) is 4.39 Å². The summed E-state index contributed by atoms with van der Waals surface area (Å²) in [5, 5.41) is 0. The minimum Gasteiger partial charge on any atom is -0.246 e. The lowest BCUT2D eigenvalue weighted by atomic mass is 10.5. The molecule has 0 nitrogen and oxygen atoms in total. The van der Waals surface area contributed by atoms with Gasteiger partial charge in [-0.1, -0.05) is 47.2 Å². The largest absolute Gasteiger partial charge is 0.246 e. The Morgan fingerprint density at radius 1 is 1.00 bits per heavy atom. The van der Waals surface area contributed by atoms with E-state index in [0.717, 1.165) is 0 Å². The molecular weight excluding hydrogens is 203 g/mol. The highest BCUT2D eigenvalue weighted by atomic mass is 28.3. The number of alkyl halides is 1. The van der Waals surface area contributed by atoms with E-state index < -0.39 is 14.7 Å². The molecule has 0 aliphatic carbocycles. The van der Waals surface area contributed by atoms with Gasteiger partial charge >= 0.3 is 0 Å². The van der Waals surface area contributed by atoms with Gasteiger partial charge in [0.1, 0.15) is 6.67 Å². The topological polar surface area (TPSA) is 0 Å². The highest BCUT2D eigenvalue weighted by molar-refractivity contribution is 6.87. The second kappa shape index (κ2) is 6.29. The van der Waals surface area contributed by atoms with Crippen LogP contribution in [-0.2, 0) is 0 Å². The van der Waals surface area contributed by atoms with Crippen LogP contribution in [0.3, 0.4) is 0 Å². The molecule has 0 spiro atoms. The molecule has 0 bridgehead atoms. The molecule has 88 valence electrons. The van der Waals surface area contributed by atoms with E-state index in [1.54, 1.807) is 0 Å². The van der Waals surface area contributed by atoms with E-state index in [-0.39, 0.29) is 0 Å². The molecule has 0 aromatic rings. The molecule has 0 heterocycles. The number of allylic oxidation sites excluding steroid dienone is 1. The van der Waals surface area contributed by atoms with Crippen LogP contribution in [0.2, 0.25) is 16.6 Å². The van der Waals surface area contributed by atoms with Gasteiger partial charge in [0.15, 0.2) is 0 Å². The molecule has 0 aromatic heterocycles. The van der Waals surface area contributed by atoms with E-state index >= 15 is 0 Å². The minimum absolute atomic E-state index is 0.407. The van der Waals surface area contributed by atoms with Gasteiger partial charge in [0.25, 0.3) is 0 Å². The molecule has 0 atom stereocenters. The molecule has 0 N–H and O–H groups in total. The zero-order valence-electron chi connectivity index (χ0n) is 11.0. The average molecular weight is 228 g/mol. The third kappa shape index (κ3) is 3.32. The van der Waals surface area contributed by atoms with Crippen molar-refractivity contribution in [3.63, 3.8) is 0 Å². The quantitative estimate of drug-likeness (QED) is 0.464. The Balaban J connectivity index is 5.24. The van der Waals surface area contributed by atoms with Gasteiger partial charge in [-0.25, -0.2) is 4.39 Å². The average Bonchev–Trinajstić information content (AvgIpc) is 2.10. The summed E-state index contributed by atoms with van der Waals surface area (Å²) in [5.41, 5.74) is 7.31. The first-order valence-electron chi connectivity index (χ1n) is 5.87. The molecule has 0 fully saturated rings. The molecule has 0 saturated carbocycles. The van der Waals surface area contributed by atoms with Crippen LogP contribution in [0.5, 0.6) is 0 Å². The first-order valence-corrected chi connectivity index (χ1v) is 8.18. The summed E-state index contributed by atoms with van der Waals surface area (Å²) in [6, 6.07) is 0. The fraction of sp³-hybridized carbons (Fsp3) is 0.769. The number of halogens is 1. The van der Waals surface area contributed by atoms with E-state index in [4.69, 9.17) is 0 Å². The first-order chi connectivity index (χ1) is 6.89. The van der Waals surface area contributed by atoms with Crippen molar-refractivity contribution < 1.29 is 4.39 Å². The smallest absolute Gasteiger partial charge is 0.115 e. The third-order valence-corrected chi connectivity index (χ3v) is 10.2. The van der Waals surface area contributed by atoms with Crippen LogP contribution in [0.4, 0.5) is 4.39 Å². The van der Waals surface area contributed by atoms with Crippen LogP contribution >= 0.6 is 0 Å². The van der Waals surface area contributed by atoms with Crippen molar-refractivity contribution in [2.24, 2.45) is 0 Å². The predicted molar refractivity (Wildman–Crippen MR) is 69.7 cm³/mol. The van der Waals surface area contributed by atoms with Crippen LogP contribution in [0.1, 0.15) is 41.5 Å². The Hall–Kier alpha value is -0.333. The first kappa shape index (κ1) is 14.7. The van der Waals surface area contributed by atoms with Gasteiger partial charge in [-0.15, -0.1) is 5.73 Å². The molecule has 2 heteroatoms. The lowest BCUT2D eigenvalue weighted by molar-refractivity contribution is 0.562. The van der Waals surface area contributed by atoms with Gasteiger partial charge in [0.05, 0.1) is 8.07 Å². The van der Waals surface area contributed by atoms with Crippen molar-refractivity contribution in [3.05, 3.63) is 17.5 Å². The van der Waals surface area contributed by atoms with Crippen molar-refractivity contribution in [2.45, 2.75) is 58.2 Å². The minimum atomic E-state index is -1.50. The van der Waals surface area contributed by atoms with Crippen LogP contribution in [-0.4, -0.2) is 14.7 Å². The van der Waals surface area contributed by atoms with E-state index in [2.05, 4.69) is 53.0 Å². The second-order valence-electron chi connectivity index (χ2n) is 5.13. The molecule has 0 aliphatic heterocycles. The number of hydrogen-bond acceptors (Lipinski definition) is 0. The van der Waals surface area contributed by atoms with Gasteiger partial charge < -0.3 is 0 Å². The molecular formula is C13H25FSi. The van der Waals surface area contributed by atoms with Gasteiger partial charge in [0, 0.05) is 0 Å². The van der Waals surface area contributed by atoms with Crippen LogP contribution in [0.25, 0.3) is 0 Å². The Kier molecular flexibility index (Phi) is 6.15. The predicted octanol–water partition coefficient (Wildman–Crippen LogP) is 4.89. The SMILES string of the molecule is CC(C)[Si](C=C=CCF)(C(C)C)C(C)C. The van der Waals surface area contributed by atoms with Crippen LogP contribution in [0, 0.1) is 0 Å². The molecule has 0 aromatic carbocycles. The van der Waals surface area contributed by atoms with E-state index in [1.807, 2.05) is 0 Å². The lowest BCUT2D eigenvalue weighted by Crippen LogP contribution is -2.42. The molecule has 0 amide bonds. The summed E-state index contributed by atoms with van der Waals surface area (Å²) >= 11 is 0. The van der Waals surface area contributed by atoms with Gasteiger partial charge in [-0.2, -0.15) is 0 Å². The Bertz CT molecular complexity index is 213. The maximum absolute atomic E-state index is 12.0. The van der Waals surface area contributed by atoms with Gasteiger partial charge in [-0.05, 0) is 22.7 Å². The fourth-order valence-corrected chi connectivity index (χ4v) is 8.15. The van der Waals surface area contributed by atoms with Crippen molar-refractivity contribution >= 4 is 8.07 Å². The zero-order valence-corrected chi connectivity index (χ0v) is 12.0. The maximum atomic E-state index is 12.0. The number of rotatable bonds is 5. The standard InChI is InChI=1S/C13H25FSi/c1-11(2)15(12(3)4,13(5)6)10-8-7-9-14/h7,10-13H,9H2,1-6H3. The monoisotopic (exact) mass is 228 g/mol. The normalized spacial score (nSPS) is 12.1. The molecule has 0 radical (unpaired) electrons. The van der Waals surface area contributed by atoms with Gasteiger partial charge in [-0.3, -0.25) is 0 Å². The Morgan fingerprint density at radius 2 is 1.40 bits per heavy atom. The summed E-state index contributed by atoms with van der Waals surface area (Å²) in [6.07, 6.45) is 1.49. The molecule has 0 unspecified atom stereocenters. The van der Waals surface area contributed by atoms with Crippen LogP contribution < -0.4 is 0 Å². The molecule has 15 heavy (non-hydrogen) atoms. The Morgan fingerprint density at radius 3 is 1.67 bits per heavy atom.